The predicted molar refractivity (Wildman–Crippen MR) is 174 cm³/mol. The molecule has 2 heterocycles. The first kappa shape index (κ1) is 37.1. The van der Waals surface area contributed by atoms with E-state index in [0.717, 1.165) is 36.4 Å². The summed E-state index contributed by atoms with van der Waals surface area (Å²) in [7, 11) is -20.3. The van der Waals surface area contributed by atoms with E-state index in [1.807, 2.05) is 0 Å². The van der Waals surface area contributed by atoms with Crippen molar-refractivity contribution in [3.05, 3.63) is 58.3 Å². The Bertz CT molecular complexity index is 2620. The maximum Gasteiger partial charge on any atom is 0.295 e. The minimum Gasteiger partial charge on any atom is -0.324 e. The summed E-state index contributed by atoms with van der Waals surface area (Å²) < 4.78 is 136. The Labute approximate surface area is 295 Å². The molecule has 0 bridgehead atoms. The number of benzene rings is 3. The molecule has 5 aromatic rings. The van der Waals surface area contributed by atoms with Crippen LogP contribution >= 0.6 is 34.8 Å². The largest absolute Gasteiger partial charge is 0.324 e. The Hall–Kier alpha value is -4.15. The third-order valence-electron chi connectivity index (χ3n) is 5.98. The van der Waals surface area contributed by atoms with Gasteiger partial charge in [0.05, 0.1) is 9.79 Å². The molecule has 0 saturated carbocycles. The molecule has 21 nitrogen and oxygen atoms in total. The van der Waals surface area contributed by atoms with Crippen molar-refractivity contribution >= 4 is 121 Å². The predicted octanol–water partition coefficient (Wildman–Crippen LogP) is 3.39. The van der Waals surface area contributed by atoms with Crippen molar-refractivity contribution in [2.24, 2.45) is 0 Å². The number of rotatable bonds is 10. The van der Waals surface area contributed by atoms with Gasteiger partial charge in [-0.2, -0.15) is 63.6 Å². The van der Waals surface area contributed by atoms with Crippen molar-refractivity contribution < 1.29 is 51.9 Å². The van der Waals surface area contributed by atoms with Gasteiger partial charge in [-0.3, -0.25) is 18.2 Å². The monoisotopic (exact) mass is 829 g/mol. The lowest BCUT2D eigenvalue weighted by Gasteiger charge is -2.15. The van der Waals surface area contributed by atoms with Gasteiger partial charge in [0.25, 0.3) is 40.5 Å². The zero-order chi connectivity index (χ0) is 37.0. The maximum atomic E-state index is 12.5. The number of anilines is 6. The van der Waals surface area contributed by atoms with Crippen LogP contribution < -0.4 is 16.0 Å². The van der Waals surface area contributed by atoms with Crippen LogP contribution in [0.1, 0.15) is 0 Å². The number of aromatic nitrogens is 6. The lowest BCUT2D eigenvalue weighted by molar-refractivity contribution is 0.478. The molecule has 0 radical (unpaired) electrons. The van der Waals surface area contributed by atoms with Crippen LogP contribution in [0.25, 0.3) is 10.8 Å². The minimum absolute atomic E-state index is 0.218. The summed E-state index contributed by atoms with van der Waals surface area (Å²) >= 11 is 17.5. The summed E-state index contributed by atoms with van der Waals surface area (Å²) in [6.07, 6.45) is 0. The van der Waals surface area contributed by atoms with Crippen molar-refractivity contribution in [2.45, 2.75) is 19.6 Å². The van der Waals surface area contributed by atoms with Gasteiger partial charge in [-0.15, -0.1) is 0 Å². The fourth-order valence-electron chi connectivity index (χ4n) is 4.14. The molecular formula is C22H14Cl3N9O12S4. The van der Waals surface area contributed by atoms with Crippen molar-refractivity contribution in [3.63, 3.8) is 0 Å². The van der Waals surface area contributed by atoms with E-state index in [1.54, 1.807) is 0 Å². The van der Waals surface area contributed by atoms with Gasteiger partial charge in [0.2, 0.25) is 33.7 Å². The van der Waals surface area contributed by atoms with Crippen LogP contribution in [0.4, 0.5) is 34.9 Å². The molecule has 50 heavy (non-hydrogen) atoms. The fraction of sp³-hybridized carbons (Fsp3) is 0. The Morgan fingerprint density at radius 2 is 0.740 bits per heavy atom. The van der Waals surface area contributed by atoms with Gasteiger partial charge in [0.1, 0.15) is 9.79 Å². The molecule has 0 aliphatic rings. The number of hydrogen-bond acceptors (Lipinski definition) is 17. The van der Waals surface area contributed by atoms with Gasteiger partial charge in [-0.25, -0.2) is 0 Å². The lowest BCUT2D eigenvalue weighted by atomic mass is 10.1. The highest BCUT2D eigenvalue weighted by molar-refractivity contribution is 7.87. The van der Waals surface area contributed by atoms with E-state index < -0.39 is 93.7 Å². The van der Waals surface area contributed by atoms with E-state index >= 15 is 0 Å². The van der Waals surface area contributed by atoms with Gasteiger partial charge in [-0.05, 0) is 77.3 Å². The van der Waals surface area contributed by atoms with E-state index in [1.165, 1.54) is 0 Å². The lowest BCUT2D eigenvalue weighted by Crippen LogP contribution is -2.08. The molecule has 0 spiro atoms. The van der Waals surface area contributed by atoms with E-state index in [-0.39, 0.29) is 27.9 Å². The molecule has 264 valence electrons. The summed E-state index contributed by atoms with van der Waals surface area (Å²) in [4.78, 5) is 18.9. The highest BCUT2D eigenvalue weighted by atomic mass is 35.5. The molecule has 28 heteroatoms. The molecule has 0 fully saturated rings. The highest BCUT2D eigenvalue weighted by Gasteiger charge is 2.24. The molecule has 0 aliphatic carbocycles. The molecule has 0 saturated heterocycles. The van der Waals surface area contributed by atoms with Crippen LogP contribution in [0, 0.1) is 0 Å². The summed E-state index contributed by atoms with van der Waals surface area (Å²) in [6, 6.07) is 5.74. The molecule has 7 N–H and O–H groups in total. The Kier molecular flexibility index (Phi) is 9.79. The van der Waals surface area contributed by atoms with Crippen molar-refractivity contribution in [1.29, 1.82) is 0 Å². The van der Waals surface area contributed by atoms with Crippen LogP contribution in [-0.2, 0) is 40.5 Å². The molecule has 0 unspecified atom stereocenters. The Morgan fingerprint density at radius 1 is 0.420 bits per heavy atom. The van der Waals surface area contributed by atoms with Crippen LogP contribution in [0.2, 0.25) is 15.9 Å². The SMILES string of the molecule is O=S(=O)(O)c1cc(Nc2nc(Cl)nc(Nc3cc(S(=O)(=O)O)c4cc(Nc5nc(Cl)nc(Cl)n5)cc(S(=O)(=O)O)c4c3)n2)cc(S(=O)(=O)O)c1. The van der Waals surface area contributed by atoms with Gasteiger partial charge < -0.3 is 16.0 Å². The highest BCUT2D eigenvalue weighted by Crippen LogP contribution is 2.36. The second-order valence-electron chi connectivity index (χ2n) is 9.46. The third kappa shape index (κ3) is 8.76. The van der Waals surface area contributed by atoms with Gasteiger partial charge >= 0.3 is 0 Å². The van der Waals surface area contributed by atoms with Gasteiger partial charge in [-0.1, -0.05) is 0 Å². The first-order chi connectivity index (χ1) is 23.0. The zero-order valence-electron chi connectivity index (χ0n) is 23.5. The molecular weight excluding hydrogens is 817 g/mol. The first-order valence-corrected chi connectivity index (χ1v) is 19.3. The molecule has 0 amide bonds. The second-order valence-corrected chi connectivity index (χ2v) is 16.1. The topological polar surface area (TPSA) is 331 Å². The summed E-state index contributed by atoms with van der Waals surface area (Å²) in [5, 5.41) is 5.28. The van der Waals surface area contributed by atoms with Crippen LogP contribution in [0.15, 0.2) is 62.0 Å². The fourth-order valence-corrected chi connectivity index (χ4v) is 7.29. The number of hydrogen-bond donors (Lipinski definition) is 7. The number of nitrogens with zero attached hydrogens (tertiary/aromatic N) is 6. The standard InChI is InChI=1S/C22H14Cl3N9O12S4/c23-17-29-18(24)31-20(30-17)27-9-3-13-14(15(5-9)49(41,42)43)4-10(6-16(13)50(44,45)46)28-22-33-19(25)32-21(34-22)26-8-1-11(47(35,36)37)7-12(2-8)48(38,39)40/h1-7H,(H,35,36,37)(H,38,39,40)(H,41,42,43)(H,44,45,46)(H,27,29,30,31)(H2,26,28,32,33,34). The van der Waals surface area contributed by atoms with E-state index in [4.69, 9.17) is 34.8 Å². The maximum absolute atomic E-state index is 12.5. The smallest absolute Gasteiger partial charge is 0.295 e. The van der Waals surface area contributed by atoms with E-state index in [2.05, 4.69) is 45.9 Å². The number of fused-ring (bicyclic) bond motifs is 1. The van der Waals surface area contributed by atoms with Crippen LogP contribution in [0.5, 0.6) is 0 Å². The van der Waals surface area contributed by atoms with Gasteiger partial charge in [0.15, 0.2) is 0 Å². The second kappa shape index (κ2) is 13.2. The van der Waals surface area contributed by atoms with Crippen molar-refractivity contribution in [3.8, 4) is 0 Å². The summed E-state index contributed by atoms with van der Waals surface area (Å²) in [5.74, 6) is -1.31. The van der Waals surface area contributed by atoms with E-state index in [9.17, 15) is 51.9 Å². The average Bonchev–Trinajstić information content (AvgIpc) is 2.93. The molecule has 2 aromatic heterocycles. The van der Waals surface area contributed by atoms with E-state index in [0.29, 0.717) is 6.07 Å². The zero-order valence-corrected chi connectivity index (χ0v) is 29.1. The summed E-state index contributed by atoms with van der Waals surface area (Å²) in [5.41, 5.74) is -0.935. The molecule has 5 rings (SSSR count). The number of nitrogens with one attached hydrogen (secondary N) is 3. The first-order valence-electron chi connectivity index (χ1n) is 12.4. The summed E-state index contributed by atoms with van der Waals surface area (Å²) in [6.45, 7) is 0. The molecule has 0 aliphatic heterocycles. The third-order valence-corrected chi connectivity index (χ3v) is 9.94. The molecule has 0 atom stereocenters. The molecule has 3 aromatic carbocycles. The van der Waals surface area contributed by atoms with Crippen molar-refractivity contribution in [1.82, 2.24) is 29.9 Å². The normalized spacial score (nSPS) is 12.5. The quantitative estimate of drug-likeness (QED) is 0.0992. The van der Waals surface area contributed by atoms with Crippen LogP contribution in [-0.4, -0.2) is 81.8 Å². The van der Waals surface area contributed by atoms with Crippen LogP contribution in [0.3, 0.4) is 0 Å². The Morgan fingerprint density at radius 3 is 1.08 bits per heavy atom. The minimum atomic E-state index is -5.16. The van der Waals surface area contributed by atoms with Gasteiger partial charge in [0, 0.05) is 27.8 Å². The number of halogens is 3. The average molecular weight is 831 g/mol. The van der Waals surface area contributed by atoms with Crippen molar-refractivity contribution in [2.75, 3.05) is 16.0 Å². The Balaban J connectivity index is 1.61.